The predicted molar refractivity (Wildman–Crippen MR) is 100 cm³/mol. The summed E-state index contributed by atoms with van der Waals surface area (Å²) in [5.41, 5.74) is 0.425. The molecule has 1 N–H and O–H groups in total. The van der Waals surface area contributed by atoms with Crippen LogP contribution in [0.2, 0.25) is 0 Å². The van der Waals surface area contributed by atoms with E-state index in [1.807, 2.05) is 37.3 Å². The second-order valence-corrected chi connectivity index (χ2v) is 7.51. The predicted octanol–water partition coefficient (Wildman–Crippen LogP) is 1.91. The number of aliphatic hydroxyl groups excluding tert-OH is 1. The first-order valence-corrected chi connectivity index (χ1v) is 9.88. The highest BCUT2D eigenvalue weighted by molar-refractivity contribution is 7.99. The van der Waals surface area contributed by atoms with Crippen LogP contribution in [0, 0.1) is 0 Å². The lowest BCUT2D eigenvalue weighted by atomic mass is 9.99. The molecule has 150 valence electrons. The Labute approximate surface area is 163 Å². The van der Waals surface area contributed by atoms with Crippen LogP contribution < -0.4 is 0 Å². The van der Waals surface area contributed by atoms with Crippen LogP contribution in [0.3, 0.4) is 0 Å². The van der Waals surface area contributed by atoms with Gasteiger partial charge in [0.2, 0.25) is 0 Å². The molecule has 5 atom stereocenters. The van der Waals surface area contributed by atoms with Gasteiger partial charge in [0.25, 0.3) is 0 Å². The Kier molecular flexibility index (Phi) is 8.56. The molecular formula is C19H26O7S. The van der Waals surface area contributed by atoms with E-state index in [0.717, 1.165) is 5.56 Å². The van der Waals surface area contributed by atoms with Gasteiger partial charge < -0.3 is 24.1 Å². The zero-order valence-corrected chi connectivity index (χ0v) is 16.5. The SMILES string of the molecule is CCS[C@H]1O[C@H](COCc2ccccc2)[C@@H](O)[C@H](OC(C)=O)[C@@H]1OC(C)=O. The summed E-state index contributed by atoms with van der Waals surface area (Å²) in [6.07, 6.45) is -3.80. The second kappa shape index (κ2) is 10.7. The minimum absolute atomic E-state index is 0.112. The number of carbonyl (C=O) groups is 2. The summed E-state index contributed by atoms with van der Waals surface area (Å²) >= 11 is 1.41. The fraction of sp³-hybridized carbons (Fsp3) is 0.579. The zero-order chi connectivity index (χ0) is 19.8. The van der Waals surface area contributed by atoms with Crippen molar-refractivity contribution in [1.29, 1.82) is 0 Å². The Morgan fingerprint density at radius 3 is 2.33 bits per heavy atom. The number of benzene rings is 1. The molecule has 0 amide bonds. The largest absolute Gasteiger partial charge is 0.456 e. The number of rotatable bonds is 8. The van der Waals surface area contributed by atoms with Crippen molar-refractivity contribution in [2.75, 3.05) is 12.4 Å². The highest BCUT2D eigenvalue weighted by Crippen LogP contribution is 2.32. The molecule has 0 unspecified atom stereocenters. The summed E-state index contributed by atoms with van der Waals surface area (Å²) in [5, 5.41) is 10.7. The molecule has 1 aliphatic rings. The summed E-state index contributed by atoms with van der Waals surface area (Å²) in [6, 6.07) is 9.62. The minimum Gasteiger partial charge on any atom is -0.456 e. The molecule has 0 saturated carbocycles. The molecule has 1 saturated heterocycles. The normalized spacial score (nSPS) is 27.8. The molecule has 1 aliphatic heterocycles. The van der Waals surface area contributed by atoms with Crippen molar-refractivity contribution in [2.45, 2.75) is 57.2 Å². The highest BCUT2D eigenvalue weighted by atomic mass is 32.2. The molecule has 8 heteroatoms. The zero-order valence-electron chi connectivity index (χ0n) is 15.7. The number of hydrogen-bond donors (Lipinski definition) is 1. The van der Waals surface area contributed by atoms with E-state index in [-0.39, 0.29) is 6.61 Å². The maximum absolute atomic E-state index is 11.5. The lowest BCUT2D eigenvalue weighted by molar-refractivity contribution is -0.231. The van der Waals surface area contributed by atoms with Crippen molar-refractivity contribution in [3.8, 4) is 0 Å². The first-order valence-electron chi connectivity index (χ1n) is 8.83. The number of aliphatic hydroxyl groups is 1. The average Bonchev–Trinajstić information content (AvgIpc) is 2.62. The van der Waals surface area contributed by atoms with Crippen LogP contribution in [-0.4, -0.2) is 59.3 Å². The van der Waals surface area contributed by atoms with Gasteiger partial charge in [-0.1, -0.05) is 37.3 Å². The number of ether oxygens (including phenoxy) is 4. The van der Waals surface area contributed by atoms with Crippen LogP contribution in [-0.2, 0) is 35.1 Å². The summed E-state index contributed by atoms with van der Waals surface area (Å²) in [7, 11) is 0. The Hall–Kier alpha value is -1.61. The van der Waals surface area contributed by atoms with E-state index in [1.165, 1.54) is 25.6 Å². The van der Waals surface area contributed by atoms with Crippen LogP contribution in [0.1, 0.15) is 26.3 Å². The lowest BCUT2D eigenvalue weighted by Gasteiger charge is -2.43. The van der Waals surface area contributed by atoms with Gasteiger partial charge in [-0.05, 0) is 11.3 Å². The molecule has 0 aliphatic carbocycles. The molecular weight excluding hydrogens is 372 g/mol. The first-order chi connectivity index (χ1) is 12.9. The molecule has 2 rings (SSSR count). The molecule has 1 heterocycles. The maximum Gasteiger partial charge on any atom is 0.303 e. The van der Waals surface area contributed by atoms with Crippen LogP contribution >= 0.6 is 11.8 Å². The fourth-order valence-electron chi connectivity index (χ4n) is 2.84. The highest BCUT2D eigenvalue weighted by Gasteiger charge is 2.49. The van der Waals surface area contributed by atoms with E-state index in [9.17, 15) is 14.7 Å². The van der Waals surface area contributed by atoms with Crippen molar-refractivity contribution < 1.29 is 33.6 Å². The van der Waals surface area contributed by atoms with E-state index in [1.54, 1.807) is 0 Å². The number of thioether (sulfide) groups is 1. The smallest absolute Gasteiger partial charge is 0.303 e. The Balaban J connectivity index is 2.08. The third-order valence-corrected chi connectivity index (χ3v) is 4.99. The van der Waals surface area contributed by atoms with Gasteiger partial charge in [0.15, 0.2) is 12.2 Å². The molecule has 0 radical (unpaired) electrons. The quantitative estimate of drug-likeness (QED) is 0.664. The Morgan fingerprint density at radius 2 is 1.74 bits per heavy atom. The Bertz CT molecular complexity index is 609. The van der Waals surface area contributed by atoms with Gasteiger partial charge in [-0.15, -0.1) is 11.8 Å². The van der Waals surface area contributed by atoms with E-state index >= 15 is 0 Å². The van der Waals surface area contributed by atoms with Gasteiger partial charge in [0.1, 0.15) is 17.6 Å². The standard InChI is InChI=1S/C19H26O7S/c1-4-27-19-18(25-13(3)21)17(24-12(2)20)16(22)15(26-19)11-23-10-14-8-6-5-7-9-14/h5-9,15-19,22H,4,10-11H2,1-3H3/t15-,16-,17+,18+,19-/m1/s1. The molecule has 1 aromatic rings. The van der Waals surface area contributed by atoms with Gasteiger partial charge in [-0.2, -0.15) is 0 Å². The topological polar surface area (TPSA) is 91.3 Å². The molecule has 27 heavy (non-hydrogen) atoms. The van der Waals surface area contributed by atoms with E-state index in [2.05, 4.69) is 0 Å². The van der Waals surface area contributed by atoms with Crippen molar-refractivity contribution in [3.63, 3.8) is 0 Å². The van der Waals surface area contributed by atoms with Crippen LogP contribution in [0.5, 0.6) is 0 Å². The molecule has 1 aromatic carbocycles. The van der Waals surface area contributed by atoms with Gasteiger partial charge >= 0.3 is 11.9 Å². The lowest BCUT2D eigenvalue weighted by Crippen LogP contribution is -2.60. The van der Waals surface area contributed by atoms with Crippen molar-refractivity contribution in [1.82, 2.24) is 0 Å². The summed E-state index contributed by atoms with van der Waals surface area (Å²) in [4.78, 5) is 23.0. The minimum atomic E-state index is -1.18. The van der Waals surface area contributed by atoms with Gasteiger partial charge in [0.05, 0.1) is 13.2 Å². The summed E-state index contributed by atoms with van der Waals surface area (Å²) in [5.74, 6) is -0.404. The summed E-state index contributed by atoms with van der Waals surface area (Å²) in [6.45, 7) is 4.92. The number of carbonyl (C=O) groups excluding carboxylic acids is 2. The van der Waals surface area contributed by atoms with Gasteiger partial charge in [0, 0.05) is 13.8 Å². The van der Waals surface area contributed by atoms with Crippen LogP contribution in [0.25, 0.3) is 0 Å². The van der Waals surface area contributed by atoms with Crippen molar-refractivity contribution in [2.24, 2.45) is 0 Å². The molecule has 0 spiro atoms. The molecule has 1 fully saturated rings. The van der Waals surface area contributed by atoms with Gasteiger partial charge in [-0.25, -0.2) is 0 Å². The molecule has 0 bridgehead atoms. The van der Waals surface area contributed by atoms with Crippen molar-refractivity contribution >= 4 is 23.7 Å². The van der Waals surface area contributed by atoms with E-state index in [0.29, 0.717) is 12.4 Å². The Morgan fingerprint density at radius 1 is 1.11 bits per heavy atom. The number of hydrogen-bond acceptors (Lipinski definition) is 8. The monoisotopic (exact) mass is 398 g/mol. The van der Waals surface area contributed by atoms with E-state index in [4.69, 9.17) is 18.9 Å². The van der Waals surface area contributed by atoms with Gasteiger partial charge in [-0.3, -0.25) is 9.59 Å². The first kappa shape index (κ1) is 21.7. The number of esters is 2. The van der Waals surface area contributed by atoms with Crippen LogP contribution in [0.15, 0.2) is 30.3 Å². The molecule has 7 nitrogen and oxygen atoms in total. The van der Waals surface area contributed by atoms with Crippen LogP contribution in [0.4, 0.5) is 0 Å². The average molecular weight is 398 g/mol. The van der Waals surface area contributed by atoms with Crippen molar-refractivity contribution in [3.05, 3.63) is 35.9 Å². The third-order valence-electron chi connectivity index (χ3n) is 3.95. The molecule has 0 aromatic heterocycles. The summed E-state index contributed by atoms with van der Waals surface area (Å²) < 4.78 is 22.2. The third kappa shape index (κ3) is 6.49. The fourth-order valence-corrected chi connectivity index (χ4v) is 3.79. The van der Waals surface area contributed by atoms with E-state index < -0.39 is 41.8 Å². The maximum atomic E-state index is 11.5. The second-order valence-electron chi connectivity index (χ2n) is 6.14.